The highest BCUT2D eigenvalue weighted by atomic mass is 32.2. The molecule has 0 bridgehead atoms. The first-order chi connectivity index (χ1) is 13.0. The second kappa shape index (κ2) is 8.47. The number of pyridine rings is 1. The van der Waals surface area contributed by atoms with Crippen LogP contribution in [0, 0.1) is 0 Å². The molecule has 0 spiro atoms. The summed E-state index contributed by atoms with van der Waals surface area (Å²) in [6.07, 6.45) is 2.31. The van der Waals surface area contributed by atoms with Gasteiger partial charge < -0.3 is 4.74 Å². The summed E-state index contributed by atoms with van der Waals surface area (Å²) >= 11 is 0. The minimum absolute atomic E-state index is 0.0776. The number of anilines is 1. The average Bonchev–Trinajstić information content (AvgIpc) is 2.73. The van der Waals surface area contributed by atoms with Crippen molar-refractivity contribution in [2.24, 2.45) is 5.84 Å². The maximum Gasteiger partial charge on any atom is 0.266 e. The van der Waals surface area contributed by atoms with E-state index in [4.69, 9.17) is 10.6 Å². The molecule has 2 aromatic rings. The predicted octanol–water partition coefficient (Wildman–Crippen LogP) is 1.20. The lowest BCUT2D eigenvalue weighted by molar-refractivity contribution is 0.0953. The van der Waals surface area contributed by atoms with E-state index in [0.717, 1.165) is 0 Å². The van der Waals surface area contributed by atoms with Crippen molar-refractivity contribution in [2.75, 3.05) is 17.5 Å². The molecule has 1 aliphatic heterocycles. The zero-order chi connectivity index (χ0) is 19.3. The Morgan fingerprint density at radius 2 is 1.89 bits per heavy atom. The number of nitrogens with one attached hydrogen (secondary N) is 1. The van der Waals surface area contributed by atoms with Gasteiger partial charge in [-0.25, -0.2) is 14.3 Å². The summed E-state index contributed by atoms with van der Waals surface area (Å²) in [6.45, 7) is 0.954. The van der Waals surface area contributed by atoms with Gasteiger partial charge in [0.2, 0.25) is 10.0 Å². The van der Waals surface area contributed by atoms with E-state index in [-0.39, 0.29) is 6.54 Å². The second-order valence-electron chi connectivity index (χ2n) is 6.21. The molecule has 1 fully saturated rings. The Morgan fingerprint density at radius 1 is 1.19 bits per heavy atom. The lowest BCUT2D eigenvalue weighted by atomic mass is 10.2. The van der Waals surface area contributed by atoms with Gasteiger partial charge in [0.05, 0.1) is 28.7 Å². The fourth-order valence-electron chi connectivity index (χ4n) is 2.96. The van der Waals surface area contributed by atoms with Crippen molar-refractivity contribution in [2.45, 2.75) is 24.6 Å². The van der Waals surface area contributed by atoms with Gasteiger partial charge in [-0.1, -0.05) is 18.2 Å². The molecule has 1 aromatic carbocycles. The van der Waals surface area contributed by atoms with Gasteiger partial charge in [-0.3, -0.25) is 19.5 Å². The van der Waals surface area contributed by atoms with Crippen molar-refractivity contribution in [3.63, 3.8) is 0 Å². The number of carbonyl (C=O) groups is 1. The first kappa shape index (κ1) is 19.3. The van der Waals surface area contributed by atoms with E-state index < -0.39 is 21.2 Å². The van der Waals surface area contributed by atoms with Crippen LogP contribution in [0.25, 0.3) is 0 Å². The largest absolute Gasteiger partial charge is 0.381 e. The Bertz CT molecular complexity index is 866. The third-order valence-electron chi connectivity index (χ3n) is 4.46. The minimum Gasteiger partial charge on any atom is -0.381 e. The van der Waals surface area contributed by atoms with Crippen LogP contribution in [0.3, 0.4) is 0 Å². The van der Waals surface area contributed by atoms with E-state index >= 15 is 0 Å². The molecule has 1 aliphatic rings. The molecule has 3 rings (SSSR count). The maximum atomic E-state index is 13.3. The quantitative estimate of drug-likeness (QED) is 0.435. The molecule has 0 radical (unpaired) electrons. The molecule has 3 N–H and O–H groups in total. The standard InChI is InChI=1S/C18H22N4O4S/c19-21-18(23)14-6-7-15(20-12-14)13-22(16-4-2-1-3-5-16)27(24,25)17-8-10-26-11-9-17/h1-7,12,17H,8-11,13,19H2,(H,21,23). The van der Waals surface area contributed by atoms with Gasteiger partial charge in [-0.05, 0) is 37.1 Å². The smallest absolute Gasteiger partial charge is 0.266 e. The van der Waals surface area contributed by atoms with Gasteiger partial charge in [-0.15, -0.1) is 0 Å². The number of carbonyl (C=O) groups excluding carboxylic acids is 1. The zero-order valence-electron chi connectivity index (χ0n) is 14.7. The maximum absolute atomic E-state index is 13.3. The Hall–Kier alpha value is -2.49. The Morgan fingerprint density at radius 3 is 2.48 bits per heavy atom. The number of aromatic nitrogens is 1. The molecule has 0 aliphatic carbocycles. The molecule has 9 heteroatoms. The van der Waals surface area contributed by atoms with Gasteiger partial charge in [-0.2, -0.15) is 0 Å². The van der Waals surface area contributed by atoms with Crippen molar-refractivity contribution in [3.05, 3.63) is 59.9 Å². The second-order valence-corrected chi connectivity index (χ2v) is 8.35. The summed E-state index contributed by atoms with van der Waals surface area (Å²) in [5.41, 5.74) is 3.45. The van der Waals surface area contributed by atoms with Crippen LogP contribution in [0.5, 0.6) is 0 Å². The minimum atomic E-state index is -3.59. The fraction of sp³-hybridized carbons (Fsp3) is 0.333. The molecular formula is C18H22N4O4S. The van der Waals surface area contributed by atoms with Crippen LogP contribution in [0.2, 0.25) is 0 Å². The number of sulfonamides is 1. The van der Waals surface area contributed by atoms with E-state index in [9.17, 15) is 13.2 Å². The molecule has 0 saturated carbocycles. The summed E-state index contributed by atoms with van der Waals surface area (Å²) in [6, 6.07) is 12.1. The Labute approximate surface area is 158 Å². The number of hydrogen-bond acceptors (Lipinski definition) is 6. The Balaban J connectivity index is 1.90. The Kier molecular flexibility index (Phi) is 6.04. The molecule has 1 amide bonds. The van der Waals surface area contributed by atoms with Gasteiger partial charge in [0, 0.05) is 19.4 Å². The molecule has 8 nitrogen and oxygen atoms in total. The molecular weight excluding hydrogens is 368 g/mol. The number of hydrogen-bond donors (Lipinski definition) is 2. The predicted molar refractivity (Wildman–Crippen MR) is 101 cm³/mol. The van der Waals surface area contributed by atoms with Crippen molar-refractivity contribution < 1.29 is 17.9 Å². The van der Waals surface area contributed by atoms with Crippen LogP contribution in [-0.2, 0) is 21.3 Å². The average molecular weight is 390 g/mol. The van der Waals surface area contributed by atoms with Crippen LogP contribution in [0.4, 0.5) is 5.69 Å². The highest BCUT2D eigenvalue weighted by Gasteiger charge is 2.34. The first-order valence-corrected chi connectivity index (χ1v) is 10.1. The third-order valence-corrected chi connectivity index (χ3v) is 6.73. The SMILES string of the molecule is NNC(=O)c1ccc(CN(c2ccccc2)S(=O)(=O)C2CCOCC2)nc1. The molecule has 1 aromatic heterocycles. The van der Waals surface area contributed by atoms with Crippen molar-refractivity contribution in [3.8, 4) is 0 Å². The molecule has 144 valence electrons. The molecule has 2 heterocycles. The number of hydrazine groups is 1. The van der Waals surface area contributed by atoms with Gasteiger partial charge in [0.15, 0.2) is 0 Å². The number of ether oxygens (including phenoxy) is 1. The van der Waals surface area contributed by atoms with Gasteiger partial charge >= 0.3 is 0 Å². The lowest BCUT2D eigenvalue weighted by Crippen LogP contribution is -2.41. The van der Waals surface area contributed by atoms with E-state index in [0.29, 0.717) is 43.0 Å². The summed E-state index contributed by atoms with van der Waals surface area (Å²) < 4.78 is 33.2. The van der Waals surface area contributed by atoms with Gasteiger partial charge in [0.25, 0.3) is 5.91 Å². The van der Waals surface area contributed by atoms with E-state index in [2.05, 4.69) is 4.98 Å². The molecule has 1 saturated heterocycles. The molecule has 0 unspecified atom stereocenters. The summed E-state index contributed by atoms with van der Waals surface area (Å²) in [7, 11) is -3.59. The fourth-order valence-corrected chi connectivity index (χ4v) is 4.83. The number of nitrogens with zero attached hydrogens (tertiary/aromatic N) is 2. The van der Waals surface area contributed by atoms with Crippen LogP contribution in [0.15, 0.2) is 48.7 Å². The highest BCUT2D eigenvalue weighted by molar-refractivity contribution is 7.93. The van der Waals surface area contributed by atoms with Crippen LogP contribution in [0.1, 0.15) is 28.9 Å². The first-order valence-electron chi connectivity index (χ1n) is 8.62. The van der Waals surface area contributed by atoms with Crippen LogP contribution >= 0.6 is 0 Å². The number of amides is 1. The summed E-state index contributed by atoms with van der Waals surface area (Å²) in [5, 5.41) is -0.492. The van der Waals surface area contributed by atoms with Crippen molar-refractivity contribution >= 4 is 21.6 Å². The van der Waals surface area contributed by atoms with Crippen LogP contribution < -0.4 is 15.6 Å². The number of nitrogen functional groups attached to an aromatic ring is 1. The van der Waals surface area contributed by atoms with E-state index in [1.165, 1.54) is 10.5 Å². The lowest BCUT2D eigenvalue weighted by Gasteiger charge is -2.31. The van der Waals surface area contributed by atoms with Crippen molar-refractivity contribution in [1.29, 1.82) is 0 Å². The number of rotatable bonds is 6. The number of nitrogens with two attached hydrogens (primary N) is 1. The topological polar surface area (TPSA) is 115 Å². The summed E-state index contributed by atoms with van der Waals surface area (Å²) in [4.78, 5) is 15.8. The number of benzene rings is 1. The van der Waals surface area contributed by atoms with Gasteiger partial charge in [0.1, 0.15) is 0 Å². The van der Waals surface area contributed by atoms with Crippen molar-refractivity contribution in [1.82, 2.24) is 10.4 Å². The third kappa shape index (κ3) is 4.44. The van der Waals surface area contributed by atoms with E-state index in [1.807, 2.05) is 11.5 Å². The monoisotopic (exact) mass is 390 g/mol. The van der Waals surface area contributed by atoms with E-state index in [1.54, 1.807) is 36.4 Å². The zero-order valence-corrected chi connectivity index (χ0v) is 15.6. The van der Waals surface area contributed by atoms with Crippen LogP contribution in [-0.4, -0.2) is 37.8 Å². The number of para-hydroxylation sites is 1. The molecule has 27 heavy (non-hydrogen) atoms. The highest BCUT2D eigenvalue weighted by Crippen LogP contribution is 2.27. The summed E-state index contributed by atoms with van der Waals surface area (Å²) in [5.74, 6) is 4.66. The normalized spacial score (nSPS) is 15.3. The molecule has 0 atom stereocenters.